The second-order valence-electron chi connectivity index (χ2n) is 5.35. The van der Waals surface area contributed by atoms with Crippen molar-refractivity contribution < 1.29 is 13.5 Å². The molecule has 0 bridgehead atoms. The van der Waals surface area contributed by atoms with Crippen LogP contribution in [-0.4, -0.2) is 0 Å². The van der Waals surface area contributed by atoms with Crippen LogP contribution in [0.3, 0.4) is 0 Å². The molecule has 6 heteroatoms. The molecule has 0 unspecified atom stereocenters. The maximum Gasteiger partial charge on any atom is 0.124 e. The van der Waals surface area contributed by atoms with E-state index < -0.39 is 0 Å². The Kier molecular flexibility index (Phi) is 7.50. The van der Waals surface area contributed by atoms with Crippen LogP contribution in [0, 0.1) is 5.82 Å². The predicted molar refractivity (Wildman–Crippen MR) is 101 cm³/mol. The molecule has 0 aliphatic heterocycles. The Morgan fingerprint density at radius 2 is 1.84 bits per heavy atom. The van der Waals surface area contributed by atoms with E-state index in [2.05, 4.69) is 21.2 Å². The molecule has 0 amide bonds. The molecule has 25 heavy (non-hydrogen) atoms. The molecule has 1 N–H and O–H groups in total. The van der Waals surface area contributed by atoms with Crippen LogP contribution in [0.1, 0.15) is 16.9 Å². The first-order valence-corrected chi connectivity index (χ1v) is 8.39. The number of rotatable bonds is 7. The first-order valence-electron chi connectivity index (χ1n) is 7.59. The summed E-state index contributed by atoms with van der Waals surface area (Å²) in [5.74, 6) is 1.44. The first kappa shape index (κ1) is 19.5. The Hall–Kier alpha value is -1.82. The zero-order valence-electron chi connectivity index (χ0n) is 13.4. The molecule has 3 rings (SSSR count). The van der Waals surface area contributed by atoms with Crippen LogP contribution in [0.4, 0.5) is 4.39 Å². The summed E-state index contributed by atoms with van der Waals surface area (Å²) in [5.41, 5.74) is 1.96. The standard InChI is InChI=1S/C19H17BrFNO2.ClH/c20-16-5-8-19(24-13-14-3-6-17(21)7-4-14)15(10-16)11-22-12-18-2-1-9-23-18;/h1-10,22H,11-13H2;1H. The largest absolute Gasteiger partial charge is 0.489 e. The molecule has 2 aromatic carbocycles. The zero-order chi connectivity index (χ0) is 16.8. The molecule has 0 radical (unpaired) electrons. The van der Waals surface area contributed by atoms with E-state index in [1.54, 1.807) is 18.4 Å². The quantitative estimate of drug-likeness (QED) is 0.544. The van der Waals surface area contributed by atoms with E-state index in [0.29, 0.717) is 19.7 Å². The lowest BCUT2D eigenvalue weighted by Crippen LogP contribution is -2.13. The minimum Gasteiger partial charge on any atom is -0.489 e. The van der Waals surface area contributed by atoms with Gasteiger partial charge in [0.25, 0.3) is 0 Å². The summed E-state index contributed by atoms with van der Waals surface area (Å²) in [5, 5.41) is 3.33. The number of ether oxygens (including phenoxy) is 1. The summed E-state index contributed by atoms with van der Waals surface area (Å²) in [4.78, 5) is 0. The van der Waals surface area contributed by atoms with E-state index in [-0.39, 0.29) is 18.2 Å². The van der Waals surface area contributed by atoms with E-state index in [0.717, 1.165) is 27.1 Å². The van der Waals surface area contributed by atoms with Gasteiger partial charge in [-0.15, -0.1) is 12.4 Å². The van der Waals surface area contributed by atoms with Gasteiger partial charge in [-0.1, -0.05) is 28.1 Å². The van der Waals surface area contributed by atoms with Crippen molar-refractivity contribution in [2.75, 3.05) is 0 Å². The molecule has 0 aliphatic carbocycles. The van der Waals surface area contributed by atoms with Crippen molar-refractivity contribution in [1.29, 1.82) is 0 Å². The summed E-state index contributed by atoms with van der Waals surface area (Å²) in [7, 11) is 0. The van der Waals surface area contributed by atoms with Gasteiger partial charge in [-0.3, -0.25) is 0 Å². The summed E-state index contributed by atoms with van der Waals surface area (Å²) < 4.78 is 25.2. The zero-order valence-corrected chi connectivity index (χ0v) is 15.8. The minimum atomic E-state index is -0.245. The molecular formula is C19H18BrClFNO2. The number of halogens is 3. The van der Waals surface area contributed by atoms with E-state index in [1.165, 1.54) is 12.1 Å². The molecule has 132 valence electrons. The highest BCUT2D eigenvalue weighted by atomic mass is 79.9. The fraction of sp³-hybridized carbons (Fsp3) is 0.158. The molecule has 3 aromatic rings. The van der Waals surface area contributed by atoms with Crippen molar-refractivity contribution >= 4 is 28.3 Å². The van der Waals surface area contributed by atoms with Crippen molar-refractivity contribution in [2.24, 2.45) is 0 Å². The van der Waals surface area contributed by atoms with Crippen molar-refractivity contribution in [3.05, 3.63) is 88.0 Å². The van der Waals surface area contributed by atoms with Crippen molar-refractivity contribution in [3.8, 4) is 5.75 Å². The van der Waals surface area contributed by atoms with E-state index in [9.17, 15) is 4.39 Å². The lowest BCUT2D eigenvalue weighted by atomic mass is 10.2. The number of nitrogens with one attached hydrogen (secondary N) is 1. The summed E-state index contributed by atoms with van der Waals surface area (Å²) in [6, 6.07) is 16.0. The molecule has 0 aliphatic rings. The minimum absolute atomic E-state index is 0. The average Bonchev–Trinajstić information content (AvgIpc) is 3.09. The molecule has 0 saturated carbocycles. The molecule has 0 fully saturated rings. The van der Waals surface area contributed by atoms with Crippen LogP contribution in [0.5, 0.6) is 5.75 Å². The number of hydrogen-bond donors (Lipinski definition) is 1. The topological polar surface area (TPSA) is 34.4 Å². The maximum absolute atomic E-state index is 13.0. The number of benzene rings is 2. The smallest absolute Gasteiger partial charge is 0.124 e. The molecule has 0 saturated heterocycles. The number of hydrogen-bond acceptors (Lipinski definition) is 3. The Balaban J connectivity index is 0.00000225. The Morgan fingerprint density at radius 3 is 2.56 bits per heavy atom. The number of furan rings is 1. The second kappa shape index (κ2) is 9.61. The van der Waals surface area contributed by atoms with Crippen LogP contribution < -0.4 is 10.1 Å². The van der Waals surface area contributed by atoms with Crippen LogP contribution in [0.25, 0.3) is 0 Å². The van der Waals surface area contributed by atoms with E-state index >= 15 is 0 Å². The lowest BCUT2D eigenvalue weighted by Gasteiger charge is -2.13. The molecule has 0 atom stereocenters. The molecule has 1 aromatic heterocycles. The van der Waals surface area contributed by atoms with Crippen LogP contribution in [0.15, 0.2) is 69.8 Å². The van der Waals surface area contributed by atoms with Gasteiger partial charge in [0.05, 0.1) is 12.8 Å². The normalized spacial score (nSPS) is 10.3. The molecule has 0 spiro atoms. The Labute approximate surface area is 160 Å². The SMILES string of the molecule is Cl.Fc1ccc(COc2ccc(Br)cc2CNCc2ccco2)cc1. The van der Waals surface area contributed by atoms with Crippen molar-refractivity contribution in [1.82, 2.24) is 5.32 Å². The predicted octanol–water partition coefficient (Wildman–Crippen LogP) is 5.47. The maximum atomic E-state index is 13.0. The highest BCUT2D eigenvalue weighted by molar-refractivity contribution is 9.10. The summed E-state index contributed by atoms with van der Waals surface area (Å²) in [6.07, 6.45) is 1.66. The van der Waals surface area contributed by atoms with Crippen molar-refractivity contribution in [2.45, 2.75) is 19.7 Å². The monoisotopic (exact) mass is 425 g/mol. The Bertz CT molecular complexity index is 779. The van der Waals surface area contributed by atoms with Gasteiger partial charge < -0.3 is 14.5 Å². The highest BCUT2D eigenvalue weighted by Gasteiger charge is 2.06. The van der Waals surface area contributed by atoms with Gasteiger partial charge in [0.1, 0.15) is 23.9 Å². The van der Waals surface area contributed by atoms with Gasteiger partial charge in [0, 0.05) is 16.6 Å². The second-order valence-corrected chi connectivity index (χ2v) is 6.27. The van der Waals surface area contributed by atoms with Crippen LogP contribution >= 0.6 is 28.3 Å². The van der Waals surface area contributed by atoms with Crippen LogP contribution in [0.2, 0.25) is 0 Å². The summed E-state index contributed by atoms with van der Waals surface area (Å²) >= 11 is 3.49. The third-order valence-electron chi connectivity index (χ3n) is 3.52. The van der Waals surface area contributed by atoms with Gasteiger partial charge in [0.15, 0.2) is 0 Å². The van der Waals surface area contributed by atoms with Gasteiger partial charge >= 0.3 is 0 Å². The fourth-order valence-corrected chi connectivity index (χ4v) is 2.71. The van der Waals surface area contributed by atoms with Gasteiger partial charge in [-0.2, -0.15) is 0 Å². The molecule has 1 heterocycles. The average molecular weight is 427 g/mol. The third-order valence-corrected chi connectivity index (χ3v) is 4.02. The highest BCUT2D eigenvalue weighted by Crippen LogP contribution is 2.24. The van der Waals surface area contributed by atoms with E-state index in [1.807, 2.05) is 30.3 Å². The van der Waals surface area contributed by atoms with Crippen LogP contribution in [-0.2, 0) is 19.7 Å². The van der Waals surface area contributed by atoms with Gasteiger partial charge in [0.2, 0.25) is 0 Å². The van der Waals surface area contributed by atoms with E-state index in [4.69, 9.17) is 9.15 Å². The molecule has 3 nitrogen and oxygen atoms in total. The Morgan fingerprint density at radius 1 is 1.04 bits per heavy atom. The molecular weight excluding hydrogens is 409 g/mol. The lowest BCUT2D eigenvalue weighted by molar-refractivity contribution is 0.301. The summed E-state index contributed by atoms with van der Waals surface area (Å²) in [6.45, 7) is 1.70. The van der Waals surface area contributed by atoms with Crippen molar-refractivity contribution in [3.63, 3.8) is 0 Å². The first-order chi connectivity index (χ1) is 11.7. The fourth-order valence-electron chi connectivity index (χ4n) is 2.30. The third kappa shape index (κ3) is 5.88. The van der Waals surface area contributed by atoms with Gasteiger partial charge in [-0.25, -0.2) is 4.39 Å². The van der Waals surface area contributed by atoms with Gasteiger partial charge in [-0.05, 0) is 48.0 Å².